The zero-order valence-electron chi connectivity index (χ0n) is 28.7. The minimum absolute atomic E-state index is 0.0474. The third-order valence-corrected chi connectivity index (χ3v) is 8.45. The molecule has 0 spiro atoms. The Balaban J connectivity index is 1.66. The molecular weight excluding hydrogens is 612 g/mol. The standard InChI is InChI=1S/C35H64O10S/c1-2-3-4-5-6-7-8-9-10-11-12-13-17-20-38-21-22-39-23-24-40-25-26-41-27-28-42-29-30-43-31-32-44-33-34-45-46(36,37)35-18-15-14-16-19-35/h14-16,18-19H,2-13,17,20-34H2,1H3. The zero-order chi connectivity index (χ0) is 33.1. The maximum Gasteiger partial charge on any atom is 0.297 e. The second-order valence-corrected chi connectivity index (χ2v) is 12.7. The van der Waals surface area contributed by atoms with Crippen LogP contribution in [-0.4, -0.2) is 108 Å². The minimum atomic E-state index is -3.75. The van der Waals surface area contributed by atoms with Crippen molar-refractivity contribution in [1.82, 2.24) is 0 Å². The molecule has 0 N–H and O–H groups in total. The molecule has 46 heavy (non-hydrogen) atoms. The van der Waals surface area contributed by atoms with Crippen molar-refractivity contribution in [2.45, 2.75) is 95.3 Å². The lowest BCUT2D eigenvalue weighted by Gasteiger charge is -2.09. The summed E-state index contributed by atoms with van der Waals surface area (Å²) >= 11 is 0. The van der Waals surface area contributed by atoms with Crippen LogP contribution in [0.25, 0.3) is 0 Å². The summed E-state index contributed by atoms with van der Waals surface area (Å²) in [5.41, 5.74) is 0. The Hall–Kier alpha value is -1.15. The van der Waals surface area contributed by atoms with E-state index in [1.54, 1.807) is 18.2 Å². The van der Waals surface area contributed by atoms with Crippen LogP contribution in [0.5, 0.6) is 0 Å². The average molecular weight is 677 g/mol. The van der Waals surface area contributed by atoms with Crippen LogP contribution >= 0.6 is 0 Å². The van der Waals surface area contributed by atoms with E-state index < -0.39 is 10.1 Å². The molecular formula is C35H64O10S. The Labute approximate surface area is 280 Å². The number of unbranched alkanes of at least 4 members (excludes halogenated alkanes) is 12. The van der Waals surface area contributed by atoms with Crippen LogP contribution in [0.2, 0.25) is 0 Å². The van der Waals surface area contributed by atoms with Gasteiger partial charge in [0.15, 0.2) is 0 Å². The van der Waals surface area contributed by atoms with E-state index in [0.717, 1.165) is 13.0 Å². The molecule has 0 aliphatic rings. The highest BCUT2D eigenvalue weighted by Crippen LogP contribution is 2.13. The molecule has 0 fully saturated rings. The van der Waals surface area contributed by atoms with Gasteiger partial charge in [-0.15, -0.1) is 0 Å². The Morgan fingerprint density at radius 2 is 0.696 bits per heavy atom. The van der Waals surface area contributed by atoms with Crippen LogP contribution in [-0.2, 0) is 47.5 Å². The highest BCUT2D eigenvalue weighted by molar-refractivity contribution is 7.86. The molecule has 0 amide bonds. The van der Waals surface area contributed by atoms with E-state index in [1.807, 2.05) is 0 Å². The third-order valence-electron chi connectivity index (χ3n) is 7.12. The van der Waals surface area contributed by atoms with Crippen LogP contribution in [0, 0.1) is 0 Å². The van der Waals surface area contributed by atoms with Gasteiger partial charge in [0.25, 0.3) is 10.1 Å². The first-order valence-corrected chi connectivity index (χ1v) is 19.1. The summed E-state index contributed by atoms with van der Waals surface area (Å²) in [6.07, 6.45) is 17.7. The molecule has 10 nitrogen and oxygen atoms in total. The number of benzene rings is 1. The topological polar surface area (TPSA) is 108 Å². The molecule has 0 unspecified atom stereocenters. The van der Waals surface area contributed by atoms with Crippen LogP contribution in [0.4, 0.5) is 0 Å². The molecule has 1 aromatic rings. The molecule has 0 aliphatic heterocycles. The Bertz CT molecular complexity index is 841. The highest BCUT2D eigenvalue weighted by Gasteiger charge is 2.13. The normalized spacial score (nSPS) is 11.8. The molecule has 270 valence electrons. The largest absolute Gasteiger partial charge is 0.379 e. The lowest BCUT2D eigenvalue weighted by molar-refractivity contribution is -0.0212. The van der Waals surface area contributed by atoms with Gasteiger partial charge >= 0.3 is 0 Å². The van der Waals surface area contributed by atoms with Crippen LogP contribution in [0.3, 0.4) is 0 Å². The van der Waals surface area contributed by atoms with E-state index >= 15 is 0 Å². The average Bonchev–Trinajstić information content (AvgIpc) is 3.07. The van der Waals surface area contributed by atoms with Crippen molar-refractivity contribution in [1.29, 1.82) is 0 Å². The van der Waals surface area contributed by atoms with Gasteiger partial charge in [0.1, 0.15) is 0 Å². The van der Waals surface area contributed by atoms with Crippen molar-refractivity contribution in [2.75, 3.05) is 99.1 Å². The van der Waals surface area contributed by atoms with E-state index in [2.05, 4.69) is 6.92 Å². The lowest BCUT2D eigenvalue weighted by atomic mass is 10.0. The van der Waals surface area contributed by atoms with E-state index in [-0.39, 0.29) is 18.1 Å². The second kappa shape index (κ2) is 33.7. The van der Waals surface area contributed by atoms with Gasteiger partial charge < -0.3 is 33.2 Å². The van der Waals surface area contributed by atoms with Gasteiger partial charge in [0.2, 0.25) is 0 Å². The molecule has 1 rings (SSSR count). The summed E-state index contributed by atoms with van der Waals surface area (Å²) in [5.74, 6) is 0. The van der Waals surface area contributed by atoms with Crippen LogP contribution in [0.15, 0.2) is 35.2 Å². The molecule has 0 atom stereocenters. The first-order chi connectivity index (χ1) is 22.7. The van der Waals surface area contributed by atoms with E-state index in [1.165, 1.54) is 89.2 Å². The summed E-state index contributed by atoms with van der Waals surface area (Å²) in [4.78, 5) is 0.129. The molecule has 0 aliphatic carbocycles. The first-order valence-electron chi connectivity index (χ1n) is 17.7. The monoisotopic (exact) mass is 676 g/mol. The van der Waals surface area contributed by atoms with E-state index in [9.17, 15) is 8.42 Å². The molecule has 0 heterocycles. The van der Waals surface area contributed by atoms with Gasteiger partial charge in [-0.25, -0.2) is 0 Å². The summed E-state index contributed by atoms with van der Waals surface area (Å²) < 4.78 is 67.3. The van der Waals surface area contributed by atoms with Gasteiger partial charge in [-0.3, -0.25) is 4.18 Å². The molecule has 0 aromatic heterocycles. The minimum Gasteiger partial charge on any atom is -0.379 e. The van der Waals surface area contributed by atoms with Gasteiger partial charge in [-0.05, 0) is 18.6 Å². The SMILES string of the molecule is CCCCCCCCCCCCCCCOCCOCCOCCOCCOCCOCCOCCOS(=O)(=O)c1ccccc1. The fraction of sp³-hybridized carbons (Fsp3) is 0.829. The van der Waals surface area contributed by atoms with Gasteiger partial charge in [0, 0.05) is 6.61 Å². The predicted octanol–water partition coefficient (Wildman–Crippen LogP) is 6.60. The highest BCUT2D eigenvalue weighted by atomic mass is 32.2. The van der Waals surface area contributed by atoms with Crippen LogP contribution in [0.1, 0.15) is 90.4 Å². The van der Waals surface area contributed by atoms with Crippen molar-refractivity contribution in [2.24, 2.45) is 0 Å². The van der Waals surface area contributed by atoms with Crippen molar-refractivity contribution in [3.8, 4) is 0 Å². The molecule has 0 bridgehead atoms. The maximum atomic E-state index is 12.0. The van der Waals surface area contributed by atoms with E-state index in [0.29, 0.717) is 79.3 Å². The number of hydrogen-bond donors (Lipinski definition) is 0. The predicted molar refractivity (Wildman–Crippen MR) is 181 cm³/mol. The Morgan fingerprint density at radius 3 is 1.07 bits per heavy atom. The van der Waals surface area contributed by atoms with Crippen molar-refractivity contribution >= 4 is 10.1 Å². The quantitative estimate of drug-likeness (QED) is 0.0565. The van der Waals surface area contributed by atoms with Crippen LogP contribution < -0.4 is 0 Å². The number of hydrogen-bond acceptors (Lipinski definition) is 10. The summed E-state index contributed by atoms with van der Waals surface area (Å²) in [6, 6.07) is 8.02. The summed E-state index contributed by atoms with van der Waals surface area (Å²) in [7, 11) is -3.75. The fourth-order valence-corrected chi connectivity index (χ4v) is 5.42. The Kier molecular flexibility index (Phi) is 31.4. The van der Waals surface area contributed by atoms with Crippen molar-refractivity contribution < 1.29 is 45.8 Å². The second-order valence-electron chi connectivity index (χ2n) is 11.1. The number of ether oxygens (including phenoxy) is 7. The third kappa shape index (κ3) is 29.0. The van der Waals surface area contributed by atoms with Gasteiger partial charge in [-0.1, -0.05) is 102 Å². The Morgan fingerprint density at radius 1 is 0.391 bits per heavy atom. The smallest absolute Gasteiger partial charge is 0.297 e. The maximum absolute atomic E-state index is 12.0. The van der Waals surface area contributed by atoms with Crippen molar-refractivity contribution in [3.05, 3.63) is 30.3 Å². The van der Waals surface area contributed by atoms with Gasteiger partial charge in [-0.2, -0.15) is 8.42 Å². The number of rotatable bonds is 37. The first kappa shape index (κ1) is 42.9. The lowest BCUT2D eigenvalue weighted by Crippen LogP contribution is -2.15. The fourth-order valence-electron chi connectivity index (χ4n) is 4.50. The van der Waals surface area contributed by atoms with Gasteiger partial charge in [0.05, 0.1) is 97.4 Å². The molecule has 0 radical (unpaired) electrons. The molecule has 1 aromatic carbocycles. The van der Waals surface area contributed by atoms with Crippen molar-refractivity contribution in [3.63, 3.8) is 0 Å². The molecule has 0 saturated carbocycles. The molecule has 0 saturated heterocycles. The molecule has 11 heteroatoms. The summed E-state index contributed by atoms with van der Waals surface area (Å²) in [6.45, 7) is 9.18. The van der Waals surface area contributed by atoms with E-state index in [4.69, 9.17) is 37.3 Å². The zero-order valence-corrected chi connectivity index (χ0v) is 29.5. The summed E-state index contributed by atoms with van der Waals surface area (Å²) in [5, 5.41) is 0.